The molecule has 2 aliphatic carbocycles. The molecule has 3 aromatic rings. The molecule has 1 fully saturated rings. The van der Waals surface area contributed by atoms with Crippen molar-refractivity contribution in [3.63, 3.8) is 0 Å². The van der Waals surface area contributed by atoms with Crippen molar-refractivity contribution >= 4 is 18.1 Å². The molecule has 0 saturated heterocycles. The Morgan fingerprint density at radius 3 is 2.93 bits per heavy atom. The van der Waals surface area contributed by atoms with Gasteiger partial charge in [-0.25, -0.2) is 4.68 Å². The van der Waals surface area contributed by atoms with Crippen LogP contribution in [0.4, 0.5) is 0 Å². The summed E-state index contributed by atoms with van der Waals surface area (Å²) in [4.78, 5) is 12.9. The highest BCUT2D eigenvalue weighted by molar-refractivity contribution is 7.71. The third-order valence-corrected chi connectivity index (χ3v) is 6.10. The first-order valence-corrected chi connectivity index (χ1v) is 10.6. The fourth-order valence-electron chi connectivity index (χ4n) is 4.21. The van der Waals surface area contributed by atoms with Gasteiger partial charge in [0.2, 0.25) is 0 Å². The minimum atomic E-state index is -0.109. The molecule has 8 heteroatoms. The van der Waals surface area contributed by atoms with E-state index in [9.17, 15) is 4.79 Å². The monoisotopic (exact) mass is 408 g/mol. The Balaban J connectivity index is 1.34. The summed E-state index contributed by atoms with van der Waals surface area (Å²) < 4.78 is 4.72. The van der Waals surface area contributed by atoms with Gasteiger partial charge in [-0.2, -0.15) is 10.2 Å². The van der Waals surface area contributed by atoms with Crippen molar-refractivity contribution in [3.8, 4) is 5.69 Å². The maximum absolute atomic E-state index is 12.9. The zero-order valence-corrected chi connectivity index (χ0v) is 17.3. The molecule has 150 valence electrons. The van der Waals surface area contributed by atoms with E-state index in [0.717, 1.165) is 54.7 Å². The van der Waals surface area contributed by atoms with E-state index in [4.69, 9.17) is 17.3 Å². The number of amides is 1. The molecule has 29 heavy (non-hydrogen) atoms. The number of nitrogens with one attached hydrogen (secondary N) is 2. The van der Waals surface area contributed by atoms with Gasteiger partial charge in [0.05, 0.1) is 5.69 Å². The number of rotatable bonds is 6. The number of carbonyl (C=O) groups excluding carboxylic acids is 1. The van der Waals surface area contributed by atoms with E-state index < -0.39 is 0 Å². The summed E-state index contributed by atoms with van der Waals surface area (Å²) in [6.45, 7) is 2.59. The number of aryl methyl sites for hydroxylation is 1. The normalized spacial score (nSPS) is 15.5. The highest BCUT2D eigenvalue weighted by Crippen LogP contribution is 2.35. The van der Waals surface area contributed by atoms with E-state index >= 15 is 0 Å². The number of aromatic amines is 1. The second-order valence-corrected chi connectivity index (χ2v) is 8.26. The van der Waals surface area contributed by atoms with Crippen molar-refractivity contribution in [2.75, 3.05) is 6.54 Å². The Bertz CT molecular complexity index is 1140. The van der Waals surface area contributed by atoms with Gasteiger partial charge in [0.1, 0.15) is 5.82 Å². The molecular weight excluding hydrogens is 384 g/mol. The SMILES string of the molecule is Cc1ccccc1-n1nc(C(=O)NCCc2n[nH]c(=S)n2C2CC2)c2c1CCC2. The van der Waals surface area contributed by atoms with Gasteiger partial charge < -0.3 is 9.88 Å². The molecule has 0 atom stereocenters. The van der Waals surface area contributed by atoms with Gasteiger partial charge in [-0.1, -0.05) is 18.2 Å². The van der Waals surface area contributed by atoms with Crippen LogP contribution in [0.25, 0.3) is 5.69 Å². The average molecular weight is 409 g/mol. The fraction of sp³-hybridized carbons (Fsp3) is 0.429. The minimum absolute atomic E-state index is 0.109. The number of hydrogen-bond acceptors (Lipinski definition) is 4. The molecule has 1 aromatic carbocycles. The standard InChI is InChI=1S/C21H24N6OS/c1-13-5-2-3-7-16(13)27-17-8-4-6-15(17)19(25-27)20(28)22-12-11-18-23-24-21(29)26(18)14-9-10-14/h2-3,5,7,14H,4,6,8-12H2,1H3,(H,22,28)(H,24,29). The van der Waals surface area contributed by atoms with Crippen LogP contribution < -0.4 is 5.32 Å². The molecule has 2 aromatic heterocycles. The van der Waals surface area contributed by atoms with Crippen LogP contribution in [0, 0.1) is 11.7 Å². The van der Waals surface area contributed by atoms with Crippen LogP contribution in [-0.2, 0) is 19.3 Å². The van der Waals surface area contributed by atoms with Crippen LogP contribution in [0.5, 0.6) is 0 Å². The molecule has 0 aliphatic heterocycles. The van der Waals surface area contributed by atoms with Crippen LogP contribution in [0.2, 0.25) is 0 Å². The van der Waals surface area contributed by atoms with E-state index in [1.165, 1.54) is 5.69 Å². The summed E-state index contributed by atoms with van der Waals surface area (Å²) in [5, 5.41) is 15.0. The van der Waals surface area contributed by atoms with E-state index in [-0.39, 0.29) is 5.91 Å². The van der Waals surface area contributed by atoms with Gasteiger partial charge in [-0.3, -0.25) is 9.89 Å². The third-order valence-electron chi connectivity index (χ3n) is 5.81. The molecule has 7 nitrogen and oxygen atoms in total. The Morgan fingerprint density at radius 2 is 2.14 bits per heavy atom. The number of H-pyrrole nitrogens is 1. The lowest BCUT2D eigenvalue weighted by Gasteiger charge is -2.08. The molecule has 0 spiro atoms. The van der Waals surface area contributed by atoms with Crippen molar-refractivity contribution in [2.45, 2.75) is 51.5 Å². The average Bonchev–Trinajstić information content (AvgIpc) is 3.14. The van der Waals surface area contributed by atoms with Crippen molar-refractivity contribution in [1.82, 2.24) is 29.9 Å². The molecular formula is C21H24N6OS. The first-order chi connectivity index (χ1) is 14.1. The zero-order valence-electron chi connectivity index (χ0n) is 16.4. The zero-order chi connectivity index (χ0) is 20.0. The Hall–Kier alpha value is -2.74. The van der Waals surface area contributed by atoms with Crippen LogP contribution in [0.1, 0.15) is 58.4 Å². The van der Waals surface area contributed by atoms with Gasteiger partial charge >= 0.3 is 0 Å². The molecule has 2 heterocycles. The largest absolute Gasteiger partial charge is 0.350 e. The van der Waals surface area contributed by atoms with E-state index in [1.54, 1.807) is 0 Å². The molecule has 2 aliphatic rings. The summed E-state index contributed by atoms with van der Waals surface area (Å²) in [5.74, 6) is 0.802. The number of hydrogen-bond donors (Lipinski definition) is 2. The Labute approximate surface area is 174 Å². The summed E-state index contributed by atoms with van der Waals surface area (Å²) in [6.07, 6.45) is 5.88. The second kappa shape index (κ2) is 7.26. The molecule has 0 bridgehead atoms. The smallest absolute Gasteiger partial charge is 0.272 e. The summed E-state index contributed by atoms with van der Waals surface area (Å²) >= 11 is 5.33. The molecule has 0 unspecified atom stereocenters. The molecule has 1 amide bonds. The summed E-state index contributed by atoms with van der Waals surface area (Å²) in [6, 6.07) is 8.64. The molecule has 2 N–H and O–H groups in total. The van der Waals surface area contributed by atoms with Gasteiger partial charge in [-0.15, -0.1) is 0 Å². The van der Waals surface area contributed by atoms with Crippen molar-refractivity contribution in [1.29, 1.82) is 0 Å². The first kappa shape index (κ1) is 18.3. The van der Waals surface area contributed by atoms with Crippen molar-refractivity contribution in [2.24, 2.45) is 0 Å². The number of nitrogens with zero attached hydrogens (tertiary/aromatic N) is 4. The summed E-state index contributed by atoms with van der Waals surface area (Å²) in [5.41, 5.74) is 5.01. The maximum Gasteiger partial charge on any atom is 0.272 e. The van der Waals surface area contributed by atoms with Gasteiger partial charge in [0.25, 0.3) is 5.91 Å². The quantitative estimate of drug-likeness (QED) is 0.614. The van der Waals surface area contributed by atoms with Crippen molar-refractivity contribution < 1.29 is 4.79 Å². The van der Waals surface area contributed by atoms with Crippen LogP contribution in [0.3, 0.4) is 0 Å². The van der Waals surface area contributed by atoms with E-state index in [2.05, 4.69) is 39.1 Å². The lowest BCUT2D eigenvalue weighted by molar-refractivity contribution is 0.0947. The molecule has 5 rings (SSSR count). The minimum Gasteiger partial charge on any atom is -0.350 e. The highest BCUT2D eigenvalue weighted by atomic mass is 32.1. The second-order valence-electron chi connectivity index (χ2n) is 7.88. The van der Waals surface area contributed by atoms with Crippen LogP contribution in [-0.4, -0.2) is 37.0 Å². The van der Waals surface area contributed by atoms with Gasteiger partial charge in [0.15, 0.2) is 10.5 Å². The Morgan fingerprint density at radius 1 is 1.31 bits per heavy atom. The third kappa shape index (κ3) is 3.31. The Kier molecular flexibility index (Phi) is 4.58. The maximum atomic E-state index is 12.9. The van der Waals surface area contributed by atoms with Crippen LogP contribution in [0.15, 0.2) is 24.3 Å². The van der Waals surface area contributed by atoms with Gasteiger partial charge in [0, 0.05) is 30.3 Å². The predicted octanol–water partition coefficient (Wildman–Crippen LogP) is 3.23. The summed E-state index contributed by atoms with van der Waals surface area (Å²) in [7, 11) is 0. The lowest BCUT2D eigenvalue weighted by atomic mass is 10.2. The lowest BCUT2D eigenvalue weighted by Crippen LogP contribution is -2.27. The number of benzene rings is 1. The number of para-hydroxylation sites is 1. The van der Waals surface area contributed by atoms with Gasteiger partial charge in [-0.05, 0) is 62.9 Å². The van der Waals surface area contributed by atoms with E-state index in [1.807, 2.05) is 16.8 Å². The van der Waals surface area contributed by atoms with Crippen LogP contribution >= 0.6 is 12.2 Å². The molecule has 1 saturated carbocycles. The fourth-order valence-corrected chi connectivity index (χ4v) is 4.51. The number of fused-ring (bicyclic) bond motifs is 1. The predicted molar refractivity (Wildman–Crippen MR) is 112 cm³/mol. The molecule has 0 radical (unpaired) electrons. The number of aromatic nitrogens is 5. The highest BCUT2D eigenvalue weighted by Gasteiger charge is 2.28. The topological polar surface area (TPSA) is 80.5 Å². The first-order valence-electron chi connectivity index (χ1n) is 10.2. The van der Waals surface area contributed by atoms with Crippen molar-refractivity contribution in [3.05, 3.63) is 57.4 Å². The van der Waals surface area contributed by atoms with E-state index in [0.29, 0.717) is 29.5 Å². The number of carbonyl (C=O) groups is 1.